The Balaban J connectivity index is 2.50. The lowest BCUT2D eigenvalue weighted by molar-refractivity contribution is -0.128. The summed E-state index contributed by atoms with van der Waals surface area (Å²) in [6, 6.07) is 0. The highest BCUT2D eigenvalue weighted by molar-refractivity contribution is 4.82. The van der Waals surface area contributed by atoms with Crippen LogP contribution in [0.3, 0.4) is 0 Å². The van der Waals surface area contributed by atoms with E-state index in [1.807, 2.05) is 0 Å². The summed E-state index contributed by atoms with van der Waals surface area (Å²) >= 11 is 0. The Kier molecular flexibility index (Phi) is 2.84. The fourth-order valence-electron chi connectivity index (χ4n) is 1.31. The van der Waals surface area contributed by atoms with Gasteiger partial charge < -0.3 is 19.7 Å². The Bertz CT molecular complexity index is 126. The van der Waals surface area contributed by atoms with Crippen LogP contribution in [0.5, 0.6) is 0 Å². The molecule has 2 N–H and O–H groups in total. The molecule has 1 aliphatic rings. The monoisotopic (exact) mass is 162 g/mol. The highest BCUT2D eigenvalue weighted by Gasteiger charge is 2.37. The zero-order valence-corrected chi connectivity index (χ0v) is 6.73. The maximum atomic E-state index is 9.16. The van der Waals surface area contributed by atoms with E-state index in [0.717, 1.165) is 0 Å². The van der Waals surface area contributed by atoms with Gasteiger partial charge in [0.05, 0.1) is 12.2 Å². The molecule has 4 nitrogen and oxygen atoms in total. The van der Waals surface area contributed by atoms with E-state index >= 15 is 0 Å². The van der Waals surface area contributed by atoms with E-state index in [1.54, 1.807) is 14.0 Å². The van der Waals surface area contributed by atoms with Crippen molar-refractivity contribution in [2.24, 2.45) is 0 Å². The summed E-state index contributed by atoms with van der Waals surface area (Å²) in [7, 11) is 1.54. The summed E-state index contributed by atoms with van der Waals surface area (Å²) < 4.78 is 10.0. The molecule has 0 aromatic rings. The smallest absolute Gasteiger partial charge is 0.157 e. The van der Waals surface area contributed by atoms with Crippen LogP contribution in [0.15, 0.2) is 0 Å². The molecule has 0 radical (unpaired) electrons. The molecule has 1 heterocycles. The second kappa shape index (κ2) is 3.49. The van der Waals surface area contributed by atoms with Crippen molar-refractivity contribution in [2.75, 3.05) is 7.11 Å². The zero-order valence-electron chi connectivity index (χ0n) is 6.73. The molecule has 0 aromatic heterocycles. The molecule has 0 amide bonds. The lowest BCUT2D eigenvalue weighted by atomic mass is 10.1. The molecule has 1 fully saturated rings. The van der Waals surface area contributed by atoms with Gasteiger partial charge in [0.15, 0.2) is 6.29 Å². The molecule has 0 spiro atoms. The van der Waals surface area contributed by atoms with E-state index in [4.69, 9.17) is 19.7 Å². The summed E-state index contributed by atoms with van der Waals surface area (Å²) in [6.07, 6.45) is -1.54. The van der Waals surface area contributed by atoms with Crippen LogP contribution in [0.2, 0.25) is 0 Å². The van der Waals surface area contributed by atoms with Gasteiger partial charge in [-0.05, 0) is 6.92 Å². The fourth-order valence-corrected chi connectivity index (χ4v) is 1.31. The molecule has 66 valence electrons. The molecule has 0 bridgehead atoms. The molecule has 0 unspecified atom stereocenters. The number of aliphatic hydroxyl groups is 2. The van der Waals surface area contributed by atoms with Crippen molar-refractivity contribution in [1.29, 1.82) is 0 Å². The summed E-state index contributed by atoms with van der Waals surface area (Å²) in [5.74, 6) is 0. The molecule has 0 aliphatic carbocycles. The Morgan fingerprint density at radius 2 is 2.27 bits per heavy atom. The minimum atomic E-state index is -0.792. The van der Waals surface area contributed by atoms with Gasteiger partial charge in [-0.3, -0.25) is 0 Å². The average molecular weight is 162 g/mol. The molecular weight excluding hydrogens is 148 g/mol. The van der Waals surface area contributed by atoms with Gasteiger partial charge in [-0.15, -0.1) is 0 Å². The fraction of sp³-hybridized carbons (Fsp3) is 1.00. The van der Waals surface area contributed by atoms with Crippen LogP contribution in [0.1, 0.15) is 13.3 Å². The van der Waals surface area contributed by atoms with Crippen molar-refractivity contribution >= 4 is 0 Å². The number of hydrogen-bond donors (Lipinski definition) is 2. The van der Waals surface area contributed by atoms with Crippen molar-refractivity contribution in [2.45, 2.75) is 37.9 Å². The van der Waals surface area contributed by atoms with Crippen LogP contribution in [-0.4, -0.2) is 41.9 Å². The van der Waals surface area contributed by atoms with Gasteiger partial charge >= 0.3 is 0 Å². The van der Waals surface area contributed by atoms with Gasteiger partial charge in [-0.2, -0.15) is 0 Å². The summed E-state index contributed by atoms with van der Waals surface area (Å²) in [5.41, 5.74) is 0. The van der Waals surface area contributed by atoms with Crippen LogP contribution < -0.4 is 0 Å². The van der Waals surface area contributed by atoms with Gasteiger partial charge in [0.25, 0.3) is 0 Å². The lowest BCUT2D eigenvalue weighted by Gasteiger charge is -2.18. The first-order chi connectivity index (χ1) is 5.15. The molecule has 4 atom stereocenters. The van der Waals surface area contributed by atoms with E-state index in [9.17, 15) is 0 Å². The number of aliphatic hydroxyl groups excluding tert-OH is 2. The molecule has 1 saturated heterocycles. The molecular formula is C7H14O4. The largest absolute Gasteiger partial charge is 0.391 e. The molecule has 1 rings (SSSR count). The number of hydrogen-bond acceptors (Lipinski definition) is 4. The summed E-state index contributed by atoms with van der Waals surface area (Å²) in [6.45, 7) is 1.62. The SMILES string of the molecule is CO[C@H]1C[C@H](O)O[C@@H]1[C@H](C)O. The van der Waals surface area contributed by atoms with Crippen molar-refractivity contribution in [3.63, 3.8) is 0 Å². The van der Waals surface area contributed by atoms with Gasteiger partial charge in [0.2, 0.25) is 0 Å². The Hall–Kier alpha value is -0.160. The number of ether oxygens (including phenoxy) is 2. The maximum Gasteiger partial charge on any atom is 0.157 e. The second-order valence-electron chi connectivity index (χ2n) is 2.81. The summed E-state index contributed by atoms with van der Waals surface area (Å²) in [5, 5.41) is 18.2. The Morgan fingerprint density at radius 3 is 2.64 bits per heavy atom. The molecule has 0 saturated carbocycles. The second-order valence-corrected chi connectivity index (χ2v) is 2.81. The van der Waals surface area contributed by atoms with Gasteiger partial charge in [-0.25, -0.2) is 0 Å². The lowest BCUT2D eigenvalue weighted by Crippen LogP contribution is -2.33. The van der Waals surface area contributed by atoms with Crippen molar-refractivity contribution in [3.05, 3.63) is 0 Å². The van der Waals surface area contributed by atoms with E-state index in [1.165, 1.54) is 0 Å². The van der Waals surface area contributed by atoms with E-state index in [-0.39, 0.29) is 6.10 Å². The van der Waals surface area contributed by atoms with E-state index in [0.29, 0.717) is 6.42 Å². The number of methoxy groups -OCH3 is 1. The Morgan fingerprint density at radius 1 is 1.64 bits per heavy atom. The molecule has 4 heteroatoms. The highest BCUT2D eigenvalue weighted by Crippen LogP contribution is 2.23. The van der Waals surface area contributed by atoms with Crippen LogP contribution in [0.25, 0.3) is 0 Å². The quantitative estimate of drug-likeness (QED) is 0.574. The standard InChI is InChI=1S/C7H14O4/c1-4(8)7-5(10-2)3-6(9)11-7/h4-9H,3H2,1-2H3/t4-,5-,6+,7+/m0/s1. The average Bonchev–Trinajstić information content (AvgIpc) is 2.30. The normalized spacial score (nSPS) is 40.9. The van der Waals surface area contributed by atoms with E-state index in [2.05, 4.69) is 0 Å². The third-order valence-corrected chi connectivity index (χ3v) is 1.89. The van der Waals surface area contributed by atoms with Gasteiger partial charge in [-0.1, -0.05) is 0 Å². The van der Waals surface area contributed by atoms with Gasteiger partial charge in [0.1, 0.15) is 6.10 Å². The third kappa shape index (κ3) is 1.90. The minimum absolute atomic E-state index is 0.190. The molecule has 1 aliphatic heterocycles. The first-order valence-electron chi connectivity index (χ1n) is 3.69. The molecule has 0 aromatic carbocycles. The predicted octanol–water partition coefficient (Wildman–Crippen LogP) is -0.510. The van der Waals surface area contributed by atoms with Crippen LogP contribution in [-0.2, 0) is 9.47 Å². The number of rotatable bonds is 2. The third-order valence-electron chi connectivity index (χ3n) is 1.89. The minimum Gasteiger partial charge on any atom is -0.391 e. The molecule has 11 heavy (non-hydrogen) atoms. The van der Waals surface area contributed by atoms with Crippen molar-refractivity contribution in [1.82, 2.24) is 0 Å². The predicted molar refractivity (Wildman–Crippen MR) is 38.0 cm³/mol. The van der Waals surface area contributed by atoms with E-state index < -0.39 is 18.5 Å². The first-order valence-corrected chi connectivity index (χ1v) is 3.69. The topological polar surface area (TPSA) is 58.9 Å². The first kappa shape index (κ1) is 8.93. The van der Waals surface area contributed by atoms with Crippen LogP contribution in [0, 0.1) is 0 Å². The van der Waals surface area contributed by atoms with Crippen LogP contribution in [0.4, 0.5) is 0 Å². The summed E-state index contributed by atoms with van der Waals surface area (Å²) in [4.78, 5) is 0. The Labute approximate surface area is 65.7 Å². The van der Waals surface area contributed by atoms with Crippen molar-refractivity contribution in [3.8, 4) is 0 Å². The van der Waals surface area contributed by atoms with Crippen LogP contribution >= 0.6 is 0 Å². The zero-order chi connectivity index (χ0) is 8.43. The van der Waals surface area contributed by atoms with Crippen molar-refractivity contribution < 1.29 is 19.7 Å². The van der Waals surface area contributed by atoms with Gasteiger partial charge in [0, 0.05) is 13.5 Å². The maximum absolute atomic E-state index is 9.16. The highest BCUT2D eigenvalue weighted by atomic mass is 16.6.